The van der Waals surface area contributed by atoms with Gasteiger partial charge in [0.25, 0.3) is 5.90 Å². The zero-order valence-electron chi connectivity index (χ0n) is 17.6. The van der Waals surface area contributed by atoms with Crippen molar-refractivity contribution in [3.8, 4) is 11.1 Å². The van der Waals surface area contributed by atoms with Crippen molar-refractivity contribution in [2.45, 2.75) is 25.8 Å². The Morgan fingerprint density at radius 2 is 1.84 bits per heavy atom. The fourth-order valence-electron chi connectivity index (χ4n) is 4.29. The van der Waals surface area contributed by atoms with Gasteiger partial charge < -0.3 is 9.82 Å². The predicted octanol–water partition coefficient (Wildman–Crippen LogP) is 4.24. The van der Waals surface area contributed by atoms with E-state index < -0.39 is 0 Å². The van der Waals surface area contributed by atoms with Gasteiger partial charge in [-0.15, -0.1) is 0 Å². The molecule has 0 atom stereocenters. The molecule has 1 fully saturated rings. The van der Waals surface area contributed by atoms with Crippen LogP contribution in [0.5, 0.6) is 0 Å². The molecule has 0 aliphatic carbocycles. The highest BCUT2D eigenvalue weighted by atomic mass is 16.6. The van der Waals surface area contributed by atoms with Crippen molar-refractivity contribution < 1.29 is 4.84 Å². The monoisotopic (exact) mass is 414 g/mol. The third-order valence-electron chi connectivity index (χ3n) is 5.91. The number of benzene rings is 1. The number of fused-ring (bicyclic) bond motifs is 3. The standard InChI is InChI=1S/C24H26N6O/c1-26-31-23(25)21-12-19-20-11-18(13-28-24(20)29-22(19)14-27-21)17-7-5-16(6-8-17)15-30-9-3-2-4-10-30/h5-8,11-14,25-26H,2-4,9-10,15H2,1H3,(H,28,29). The third kappa shape index (κ3) is 4.02. The maximum Gasteiger partial charge on any atom is 0.256 e. The Hall–Kier alpha value is -3.29. The van der Waals surface area contributed by atoms with Crippen molar-refractivity contribution in [2.75, 3.05) is 20.1 Å². The van der Waals surface area contributed by atoms with E-state index in [0.717, 1.165) is 39.6 Å². The Morgan fingerprint density at radius 1 is 1.03 bits per heavy atom. The van der Waals surface area contributed by atoms with E-state index in [-0.39, 0.29) is 5.90 Å². The summed E-state index contributed by atoms with van der Waals surface area (Å²) in [5.41, 5.74) is 8.24. The van der Waals surface area contributed by atoms with Crippen LogP contribution in [0, 0.1) is 5.41 Å². The molecule has 3 aromatic heterocycles. The topological polar surface area (TPSA) is 89.9 Å². The first kappa shape index (κ1) is 19.7. The van der Waals surface area contributed by atoms with Gasteiger partial charge in [0.1, 0.15) is 11.3 Å². The molecule has 3 N–H and O–H groups in total. The molecule has 158 valence electrons. The Morgan fingerprint density at radius 3 is 2.61 bits per heavy atom. The molecular formula is C24H26N6O. The average molecular weight is 415 g/mol. The van der Waals surface area contributed by atoms with Crippen molar-refractivity contribution in [2.24, 2.45) is 0 Å². The van der Waals surface area contributed by atoms with E-state index in [9.17, 15) is 0 Å². The molecule has 7 heteroatoms. The molecule has 7 nitrogen and oxygen atoms in total. The van der Waals surface area contributed by atoms with Crippen LogP contribution in [0.4, 0.5) is 0 Å². The van der Waals surface area contributed by atoms with Crippen LogP contribution in [0.1, 0.15) is 30.5 Å². The highest BCUT2D eigenvalue weighted by molar-refractivity contribution is 6.08. The second-order valence-electron chi connectivity index (χ2n) is 8.03. The summed E-state index contributed by atoms with van der Waals surface area (Å²) < 4.78 is 0. The van der Waals surface area contributed by atoms with Crippen molar-refractivity contribution in [1.29, 1.82) is 5.41 Å². The Kier molecular flexibility index (Phi) is 5.36. The van der Waals surface area contributed by atoms with E-state index in [1.807, 2.05) is 12.3 Å². The van der Waals surface area contributed by atoms with Gasteiger partial charge in [-0.1, -0.05) is 30.7 Å². The van der Waals surface area contributed by atoms with Crippen LogP contribution in [0.15, 0.2) is 48.8 Å². The summed E-state index contributed by atoms with van der Waals surface area (Å²) in [4.78, 5) is 19.8. The molecule has 31 heavy (non-hydrogen) atoms. The van der Waals surface area contributed by atoms with Gasteiger partial charge in [0, 0.05) is 36.1 Å². The maximum absolute atomic E-state index is 7.98. The fourth-order valence-corrected chi connectivity index (χ4v) is 4.29. The first-order valence-corrected chi connectivity index (χ1v) is 10.7. The average Bonchev–Trinajstić information content (AvgIpc) is 3.17. The number of rotatable bonds is 5. The molecule has 4 aromatic rings. The Labute approximate surface area is 180 Å². The Bertz CT molecular complexity index is 1220. The lowest BCUT2D eigenvalue weighted by atomic mass is 10.0. The number of piperidine rings is 1. The van der Waals surface area contributed by atoms with Crippen LogP contribution >= 0.6 is 0 Å². The number of hydroxylamine groups is 1. The van der Waals surface area contributed by atoms with Gasteiger partial charge in [0.2, 0.25) is 0 Å². The van der Waals surface area contributed by atoms with Crippen LogP contribution in [0.3, 0.4) is 0 Å². The number of hydrogen-bond donors (Lipinski definition) is 3. The molecule has 0 radical (unpaired) electrons. The predicted molar refractivity (Wildman–Crippen MR) is 123 cm³/mol. The number of nitrogens with zero attached hydrogens (tertiary/aromatic N) is 3. The summed E-state index contributed by atoms with van der Waals surface area (Å²) in [5.74, 6) is -0.0211. The van der Waals surface area contributed by atoms with E-state index in [1.54, 1.807) is 13.2 Å². The van der Waals surface area contributed by atoms with Crippen molar-refractivity contribution in [3.63, 3.8) is 0 Å². The largest absolute Gasteiger partial charge is 0.387 e. The normalized spacial score (nSPS) is 14.9. The van der Waals surface area contributed by atoms with Crippen LogP contribution in [0.2, 0.25) is 0 Å². The number of aromatic nitrogens is 3. The maximum atomic E-state index is 7.98. The SMILES string of the molecule is CNOC(=N)c1cc2c(cn1)[nH]c1ncc(-c3ccc(CN4CCCCC4)cc3)cc12. The molecule has 1 aliphatic rings. The summed E-state index contributed by atoms with van der Waals surface area (Å²) >= 11 is 0. The molecule has 4 heterocycles. The zero-order valence-corrected chi connectivity index (χ0v) is 17.6. The molecule has 0 unspecified atom stereocenters. The molecule has 0 spiro atoms. The lowest BCUT2D eigenvalue weighted by Gasteiger charge is -2.26. The molecule has 5 rings (SSSR count). The quantitative estimate of drug-likeness (QED) is 0.258. The molecule has 0 saturated carbocycles. The van der Waals surface area contributed by atoms with Crippen LogP contribution < -0.4 is 5.48 Å². The summed E-state index contributed by atoms with van der Waals surface area (Å²) in [6.45, 7) is 3.43. The summed E-state index contributed by atoms with van der Waals surface area (Å²) in [5, 5.41) is 9.96. The lowest BCUT2D eigenvalue weighted by Crippen LogP contribution is -2.28. The van der Waals surface area contributed by atoms with E-state index in [0.29, 0.717) is 5.69 Å². The third-order valence-corrected chi connectivity index (χ3v) is 5.91. The van der Waals surface area contributed by atoms with E-state index >= 15 is 0 Å². The molecule has 1 aromatic carbocycles. The second kappa shape index (κ2) is 8.45. The summed E-state index contributed by atoms with van der Waals surface area (Å²) in [6, 6.07) is 12.8. The van der Waals surface area contributed by atoms with Crippen LogP contribution in [-0.4, -0.2) is 45.9 Å². The number of H-pyrrole nitrogens is 1. The van der Waals surface area contributed by atoms with Crippen molar-refractivity contribution in [1.82, 2.24) is 25.3 Å². The number of hydrogen-bond acceptors (Lipinski definition) is 6. The fraction of sp³-hybridized carbons (Fsp3) is 0.292. The van der Waals surface area contributed by atoms with Gasteiger partial charge in [-0.25, -0.2) is 9.97 Å². The van der Waals surface area contributed by atoms with Gasteiger partial charge in [0.05, 0.1) is 11.7 Å². The number of aromatic amines is 1. The van der Waals surface area contributed by atoms with Gasteiger partial charge in [-0.3, -0.25) is 10.3 Å². The second-order valence-corrected chi connectivity index (χ2v) is 8.03. The number of nitrogens with one attached hydrogen (secondary N) is 3. The lowest BCUT2D eigenvalue weighted by molar-refractivity contribution is 0.207. The molecular weight excluding hydrogens is 388 g/mol. The van der Waals surface area contributed by atoms with Crippen molar-refractivity contribution >= 4 is 27.8 Å². The van der Waals surface area contributed by atoms with Gasteiger partial charge >= 0.3 is 0 Å². The van der Waals surface area contributed by atoms with E-state index in [1.165, 1.54) is 37.9 Å². The number of likely N-dealkylation sites (tertiary alicyclic amines) is 1. The minimum atomic E-state index is -0.0211. The van der Waals surface area contributed by atoms with E-state index in [2.05, 4.69) is 55.7 Å². The summed E-state index contributed by atoms with van der Waals surface area (Å²) in [7, 11) is 1.62. The highest BCUT2D eigenvalue weighted by Gasteiger charge is 2.13. The Balaban J connectivity index is 1.44. The molecule has 0 bridgehead atoms. The molecule has 0 amide bonds. The minimum Gasteiger partial charge on any atom is -0.387 e. The first-order chi connectivity index (χ1) is 15.2. The van der Waals surface area contributed by atoms with E-state index in [4.69, 9.17) is 10.2 Å². The highest BCUT2D eigenvalue weighted by Crippen LogP contribution is 2.29. The van der Waals surface area contributed by atoms with Crippen LogP contribution in [-0.2, 0) is 11.4 Å². The summed E-state index contributed by atoms with van der Waals surface area (Å²) in [6.07, 6.45) is 7.60. The first-order valence-electron chi connectivity index (χ1n) is 10.7. The molecule has 1 aliphatic heterocycles. The molecule has 1 saturated heterocycles. The number of pyridine rings is 2. The minimum absolute atomic E-state index is 0.0211. The van der Waals surface area contributed by atoms with Gasteiger partial charge in [0.15, 0.2) is 0 Å². The van der Waals surface area contributed by atoms with Gasteiger partial charge in [-0.2, -0.15) is 5.48 Å². The van der Waals surface area contributed by atoms with Gasteiger partial charge in [-0.05, 0) is 49.2 Å². The van der Waals surface area contributed by atoms with Crippen LogP contribution in [0.25, 0.3) is 33.1 Å². The van der Waals surface area contributed by atoms with Crippen molar-refractivity contribution in [3.05, 3.63) is 60.0 Å². The smallest absolute Gasteiger partial charge is 0.256 e. The zero-order chi connectivity index (χ0) is 21.2.